The minimum atomic E-state index is -3.95. The molecule has 32 heavy (non-hydrogen) atoms. The van der Waals surface area contributed by atoms with Crippen molar-refractivity contribution in [1.82, 2.24) is 4.41 Å². The number of sulfonamides is 1. The molecule has 0 amide bonds. The summed E-state index contributed by atoms with van der Waals surface area (Å²) in [6.45, 7) is 1.89. The summed E-state index contributed by atoms with van der Waals surface area (Å²) in [5.41, 5.74) is 2.82. The Kier molecular flexibility index (Phi) is 5.88. The maximum atomic E-state index is 13.5. The van der Waals surface area contributed by atoms with E-state index in [9.17, 15) is 12.8 Å². The van der Waals surface area contributed by atoms with Gasteiger partial charge in [0.15, 0.2) is 0 Å². The van der Waals surface area contributed by atoms with Crippen molar-refractivity contribution in [3.63, 3.8) is 0 Å². The molecule has 0 aliphatic carbocycles. The van der Waals surface area contributed by atoms with Gasteiger partial charge in [0.2, 0.25) is 0 Å². The zero-order chi connectivity index (χ0) is 22.9. The molecule has 1 heterocycles. The van der Waals surface area contributed by atoms with Gasteiger partial charge in [0, 0.05) is 18.1 Å². The van der Waals surface area contributed by atoms with Crippen LogP contribution in [0.1, 0.15) is 29.2 Å². The minimum absolute atomic E-state index is 0.141. The zero-order valence-corrected chi connectivity index (χ0v) is 18.8. The number of methoxy groups -OCH3 is 2. The van der Waals surface area contributed by atoms with Gasteiger partial charge in [-0.05, 0) is 48.9 Å². The SMILES string of the molecule is COc1ccc(C2=NN(S(=O)(=O)c3ccc(C)cc3)[C@@H](c3ccc(F)cc3)C2)c(OC)c1. The zero-order valence-electron chi connectivity index (χ0n) is 17.9. The quantitative estimate of drug-likeness (QED) is 0.542. The number of hydrogen-bond donors (Lipinski definition) is 0. The summed E-state index contributed by atoms with van der Waals surface area (Å²) in [5.74, 6) is 0.747. The van der Waals surface area contributed by atoms with Crippen LogP contribution in [0, 0.1) is 12.7 Å². The van der Waals surface area contributed by atoms with Crippen LogP contribution in [0.15, 0.2) is 76.7 Å². The van der Waals surface area contributed by atoms with Crippen molar-refractivity contribution >= 4 is 15.7 Å². The molecule has 1 aliphatic heterocycles. The maximum Gasteiger partial charge on any atom is 0.279 e. The molecule has 166 valence electrons. The van der Waals surface area contributed by atoms with E-state index in [4.69, 9.17) is 9.47 Å². The molecule has 0 unspecified atom stereocenters. The first-order valence-electron chi connectivity index (χ1n) is 10.00. The van der Waals surface area contributed by atoms with Gasteiger partial charge in [-0.3, -0.25) is 0 Å². The van der Waals surface area contributed by atoms with Crippen LogP contribution in [0.5, 0.6) is 11.5 Å². The molecular weight excluding hydrogens is 431 g/mol. The van der Waals surface area contributed by atoms with E-state index in [2.05, 4.69) is 5.10 Å². The third-order valence-electron chi connectivity index (χ3n) is 5.41. The number of benzene rings is 3. The lowest BCUT2D eigenvalue weighted by Gasteiger charge is -2.23. The Bertz CT molecular complexity index is 1260. The highest BCUT2D eigenvalue weighted by molar-refractivity contribution is 7.89. The number of hydrazone groups is 1. The first kappa shape index (κ1) is 21.8. The van der Waals surface area contributed by atoms with E-state index < -0.39 is 21.9 Å². The molecule has 0 radical (unpaired) electrons. The van der Waals surface area contributed by atoms with Gasteiger partial charge in [0.1, 0.15) is 17.3 Å². The van der Waals surface area contributed by atoms with E-state index in [-0.39, 0.29) is 4.90 Å². The van der Waals surface area contributed by atoms with Crippen molar-refractivity contribution in [3.8, 4) is 11.5 Å². The lowest BCUT2D eigenvalue weighted by molar-refractivity contribution is 0.371. The topological polar surface area (TPSA) is 68.2 Å². The highest BCUT2D eigenvalue weighted by atomic mass is 32.2. The van der Waals surface area contributed by atoms with Crippen LogP contribution in [0.3, 0.4) is 0 Å². The molecule has 0 bridgehead atoms. The van der Waals surface area contributed by atoms with Crippen molar-refractivity contribution in [1.29, 1.82) is 0 Å². The third-order valence-corrected chi connectivity index (χ3v) is 7.11. The molecule has 4 rings (SSSR count). The molecule has 3 aromatic carbocycles. The van der Waals surface area contributed by atoms with Gasteiger partial charge < -0.3 is 9.47 Å². The molecule has 0 N–H and O–H groups in total. The van der Waals surface area contributed by atoms with E-state index >= 15 is 0 Å². The molecular formula is C24H23FN2O4S. The Hall–Kier alpha value is -3.39. The average molecular weight is 455 g/mol. The number of halogens is 1. The summed E-state index contributed by atoms with van der Waals surface area (Å²) in [6.07, 6.45) is 0.305. The lowest BCUT2D eigenvalue weighted by Crippen LogP contribution is -2.27. The Labute approximate surface area is 187 Å². The summed E-state index contributed by atoms with van der Waals surface area (Å²) in [5, 5.41) is 4.52. The fourth-order valence-electron chi connectivity index (χ4n) is 3.66. The maximum absolute atomic E-state index is 13.5. The van der Waals surface area contributed by atoms with Crippen LogP contribution >= 0.6 is 0 Å². The van der Waals surface area contributed by atoms with Gasteiger partial charge in [-0.1, -0.05) is 29.8 Å². The summed E-state index contributed by atoms with van der Waals surface area (Å²) in [4.78, 5) is 0.141. The molecule has 8 heteroatoms. The van der Waals surface area contributed by atoms with Gasteiger partial charge >= 0.3 is 0 Å². The van der Waals surface area contributed by atoms with Gasteiger partial charge in [-0.25, -0.2) is 4.39 Å². The van der Waals surface area contributed by atoms with Gasteiger partial charge in [0.05, 0.1) is 30.9 Å². The molecule has 0 spiro atoms. The molecule has 6 nitrogen and oxygen atoms in total. The second kappa shape index (κ2) is 8.63. The molecule has 0 saturated carbocycles. The number of nitrogens with zero attached hydrogens (tertiary/aromatic N) is 2. The fraction of sp³-hybridized carbons (Fsp3) is 0.208. The smallest absolute Gasteiger partial charge is 0.279 e. The van der Waals surface area contributed by atoms with E-state index in [0.29, 0.717) is 34.8 Å². The lowest BCUT2D eigenvalue weighted by atomic mass is 9.98. The second-order valence-electron chi connectivity index (χ2n) is 7.48. The van der Waals surface area contributed by atoms with Gasteiger partial charge in [0.25, 0.3) is 10.0 Å². The first-order chi connectivity index (χ1) is 15.3. The summed E-state index contributed by atoms with van der Waals surface area (Å²) in [6, 6.07) is 17.1. The monoisotopic (exact) mass is 454 g/mol. The summed E-state index contributed by atoms with van der Waals surface area (Å²) >= 11 is 0. The van der Waals surface area contributed by atoms with Gasteiger partial charge in [-0.15, -0.1) is 0 Å². The van der Waals surface area contributed by atoms with Crippen LogP contribution in [0.4, 0.5) is 4.39 Å². The van der Waals surface area contributed by atoms with Crippen molar-refractivity contribution in [2.45, 2.75) is 24.3 Å². The average Bonchev–Trinajstić information content (AvgIpc) is 3.25. The Morgan fingerprint density at radius 1 is 0.969 bits per heavy atom. The molecule has 0 fully saturated rings. The summed E-state index contributed by atoms with van der Waals surface area (Å²) < 4.78 is 52.4. The van der Waals surface area contributed by atoms with E-state index in [0.717, 1.165) is 9.98 Å². The predicted molar refractivity (Wildman–Crippen MR) is 120 cm³/mol. The van der Waals surface area contributed by atoms with Crippen LogP contribution < -0.4 is 9.47 Å². The van der Waals surface area contributed by atoms with Crippen molar-refractivity contribution in [2.75, 3.05) is 14.2 Å². The highest BCUT2D eigenvalue weighted by Gasteiger charge is 2.38. The molecule has 1 atom stereocenters. The van der Waals surface area contributed by atoms with Gasteiger partial charge in [-0.2, -0.15) is 17.9 Å². The minimum Gasteiger partial charge on any atom is -0.497 e. The third kappa shape index (κ3) is 4.05. The standard InChI is InChI=1S/C24H23FN2O4S/c1-16-4-11-20(12-5-16)32(28,29)27-23(17-6-8-18(25)9-7-17)15-22(26-27)21-13-10-19(30-2)14-24(21)31-3/h4-14,23H,15H2,1-3H3/t23-/m1/s1. The van der Waals surface area contributed by atoms with Crippen LogP contribution in [0.25, 0.3) is 0 Å². The van der Waals surface area contributed by atoms with Crippen LogP contribution in [-0.4, -0.2) is 32.8 Å². The second-order valence-corrected chi connectivity index (χ2v) is 9.27. The van der Waals surface area contributed by atoms with Crippen molar-refractivity contribution in [3.05, 3.63) is 89.2 Å². The van der Waals surface area contributed by atoms with Crippen molar-refractivity contribution < 1.29 is 22.3 Å². The fourth-order valence-corrected chi connectivity index (χ4v) is 5.09. The highest BCUT2D eigenvalue weighted by Crippen LogP contribution is 2.39. The normalized spacial score (nSPS) is 16.1. The van der Waals surface area contributed by atoms with E-state index in [1.807, 2.05) is 6.92 Å². The number of ether oxygens (including phenoxy) is 2. The number of hydrogen-bond acceptors (Lipinski definition) is 5. The van der Waals surface area contributed by atoms with Crippen LogP contribution in [0.2, 0.25) is 0 Å². The largest absolute Gasteiger partial charge is 0.497 e. The molecule has 3 aromatic rings. The first-order valence-corrected chi connectivity index (χ1v) is 11.4. The Morgan fingerprint density at radius 2 is 1.66 bits per heavy atom. The van der Waals surface area contributed by atoms with Crippen LogP contribution in [-0.2, 0) is 10.0 Å². The predicted octanol–water partition coefficient (Wildman–Crippen LogP) is 4.69. The van der Waals surface area contributed by atoms with E-state index in [1.165, 1.54) is 19.2 Å². The van der Waals surface area contributed by atoms with E-state index in [1.54, 1.807) is 61.7 Å². The Morgan fingerprint density at radius 3 is 2.28 bits per heavy atom. The number of rotatable bonds is 6. The molecule has 0 saturated heterocycles. The molecule has 1 aliphatic rings. The summed E-state index contributed by atoms with van der Waals surface area (Å²) in [7, 11) is -0.858. The van der Waals surface area contributed by atoms with Crippen molar-refractivity contribution in [2.24, 2.45) is 5.10 Å². The Balaban J connectivity index is 1.82. The molecule has 0 aromatic heterocycles. The number of aryl methyl sites for hydroxylation is 1.